The summed E-state index contributed by atoms with van der Waals surface area (Å²) in [6.07, 6.45) is 0. The maximum absolute atomic E-state index is 14.3. The molecule has 1 amide bonds. The van der Waals surface area contributed by atoms with E-state index in [0.717, 1.165) is 5.56 Å². The van der Waals surface area contributed by atoms with Crippen molar-refractivity contribution < 1.29 is 23.5 Å². The highest BCUT2D eigenvalue weighted by molar-refractivity contribution is 6.12. The van der Waals surface area contributed by atoms with Crippen molar-refractivity contribution in [1.82, 2.24) is 10.2 Å². The molecule has 1 aliphatic rings. The van der Waals surface area contributed by atoms with Crippen molar-refractivity contribution in [2.45, 2.75) is 13.0 Å². The van der Waals surface area contributed by atoms with Gasteiger partial charge in [-0.15, -0.1) is 0 Å². The molecule has 0 aliphatic carbocycles. The zero-order chi connectivity index (χ0) is 24.5. The maximum atomic E-state index is 14.3. The maximum Gasteiger partial charge on any atom is 0.338 e. The second kappa shape index (κ2) is 9.06. The number of rotatable bonds is 6. The van der Waals surface area contributed by atoms with Crippen molar-refractivity contribution in [3.63, 3.8) is 0 Å². The molecule has 3 aromatic carbocycles. The number of ether oxygens (including phenoxy) is 2. The molecule has 8 heteroatoms. The Balaban J connectivity index is 1.62. The summed E-state index contributed by atoms with van der Waals surface area (Å²) >= 11 is 0. The number of nitrogens with one attached hydrogen (secondary N) is 1. The molecule has 0 unspecified atom stereocenters. The van der Waals surface area contributed by atoms with Crippen LogP contribution in [0.4, 0.5) is 10.1 Å². The van der Waals surface area contributed by atoms with Crippen LogP contribution in [0.15, 0.2) is 72.8 Å². The van der Waals surface area contributed by atoms with E-state index in [1.807, 2.05) is 24.3 Å². The van der Waals surface area contributed by atoms with Crippen LogP contribution >= 0.6 is 0 Å². The number of amides is 1. The van der Waals surface area contributed by atoms with Crippen LogP contribution in [-0.4, -0.2) is 35.8 Å². The van der Waals surface area contributed by atoms with Crippen LogP contribution in [0, 0.1) is 5.82 Å². The Morgan fingerprint density at radius 1 is 1.09 bits per heavy atom. The third-order valence-corrected chi connectivity index (χ3v) is 5.95. The van der Waals surface area contributed by atoms with Crippen molar-refractivity contribution in [2.75, 3.05) is 18.6 Å². The van der Waals surface area contributed by atoms with Crippen molar-refractivity contribution in [3.05, 3.63) is 101 Å². The van der Waals surface area contributed by atoms with Crippen LogP contribution in [0.3, 0.4) is 0 Å². The molecule has 35 heavy (non-hydrogen) atoms. The highest BCUT2D eigenvalue weighted by Crippen LogP contribution is 2.45. The Hall–Kier alpha value is -4.46. The third kappa shape index (κ3) is 3.93. The molecule has 1 atom stereocenters. The smallest absolute Gasteiger partial charge is 0.338 e. The number of esters is 1. The van der Waals surface area contributed by atoms with Gasteiger partial charge < -0.3 is 9.47 Å². The lowest BCUT2D eigenvalue weighted by Gasteiger charge is -2.26. The lowest BCUT2D eigenvalue weighted by Crippen LogP contribution is -2.29. The number of carbonyl (C=O) groups excluding carboxylic acids is 2. The van der Waals surface area contributed by atoms with E-state index < -0.39 is 17.8 Å². The van der Waals surface area contributed by atoms with Gasteiger partial charge in [0.25, 0.3) is 5.91 Å². The number of methoxy groups -OCH3 is 1. The molecule has 1 N–H and O–H groups in total. The summed E-state index contributed by atoms with van der Waals surface area (Å²) in [6.45, 7) is 2.00. The summed E-state index contributed by atoms with van der Waals surface area (Å²) in [6, 6.07) is 19.5. The Bertz CT molecular complexity index is 1400. The summed E-state index contributed by atoms with van der Waals surface area (Å²) in [5.74, 6) is -0.451. The van der Waals surface area contributed by atoms with Crippen molar-refractivity contribution >= 4 is 17.6 Å². The molecule has 0 bridgehead atoms. The van der Waals surface area contributed by atoms with E-state index in [9.17, 15) is 14.0 Å². The minimum absolute atomic E-state index is 0.266. The molecule has 7 nitrogen and oxygen atoms in total. The molecule has 0 fully saturated rings. The van der Waals surface area contributed by atoms with Gasteiger partial charge in [-0.2, -0.15) is 5.10 Å². The Kier molecular flexibility index (Phi) is 5.78. The number of aromatic amines is 1. The lowest BCUT2D eigenvalue weighted by atomic mass is 9.95. The van der Waals surface area contributed by atoms with E-state index in [1.165, 1.54) is 12.1 Å². The normalized spacial score (nSPS) is 14.7. The van der Waals surface area contributed by atoms with Crippen LogP contribution in [-0.2, 0) is 4.74 Å². The number of benzene rings is 3. The van der Waals surface area contributed by atoms with Gasteiger partial charge in [-0.05, 0) is 73.2 Å². The van der Waals surface area contributed by atoms with E-state index in [-0.39, 0.29) is 12.5 Å². The first kappa shape index (κ1) is 22.3. The molecule has 0 radical (unpaired) electrons. The summed E-state index contributed by atoms with van der Waals surface area (Å²) in [5.41, 5.74) is 3.90. The van der Waals surface area contributed by atoms with Gasteiger partial charge in [-0.3, -0.25) is 14.8 Å². The van der Waals surface area contributed by atoms with E-state index >= 15 is 0 Å². The number of anilines is 1. The monoisotopic (exact) mass is 471 g/mol. The van der Waals surface area contributed by atoms with E-state index in [4.69, 9.17) is 9.47 Å². The molecular weight excluding hydrogens is 449 g/mol. The summed E-state index contributed by atoms with van der Waals surface area (Å²) < 4.78 is 24.6. The Labute approximate surface area is 201 Å². The summed E-state index contributed by atoms with van der Waals surface area (Å²) in [4.78, 5) is 27.2. The van der Waals surface area contributed by atoms with Gasteiger partial charge in [0.05, 0.1) is 31.0 Å². The number of fused-ring (bicyclic) bond motifs is 1. The van der Waals surface area contributed by atoms with E-state index in [0.29, 0.717) is 39.5 Å². The minimum Gasteiger partial charge on any atom is -0.497 e. The van der Waals surface area contributed by atoms with Crippen LogP contribution < -0.4 is 9.64 Å². The average molecular weight is 471 g/mol. The third-order valence-electron chi connectivity index (χ3n) is 5.95. The molecule has 0 spiro atoms. The van der Waals surface area contributed by atoms with Crippen molar-refractivity contribution in [2.24, 2.45) is 0 Å². The first-order valence-corrected chi connectivity index (χ1v) is 11.1. The Morgan fingerprint density at radius 2 is 1.83 bits per heavy atom. The fourth-order valence-electron chi connectivity index (χ4n) is 4.35. The zero-order valence-electron chi connectivity index (χ0n) is 19.1. The van der Waals surface area contributed by atoms with E-state index in [2.05, 4.69) is 10.2 Å². The topological polar surface area (TPSA) is 84.5 Å². The molecule has 0 saturated carbocycles. The largest absolute Gasteiger partial charge is 0.497 e. The van der Waals surface area contributed by atoms with Crippen LogP contribution in [0.5, 0.6) is 5.75 Å². The van der Waals surface area contributed by atoms with Crippen LogP contribution in [0.1, 0.15) is 44.9 Å². The highest BCUT2D eigenvalue weighted by Gasteiger charge is 2.43. The molecule has 2 heterocycles. The molecule has 176 valence electrons. The molecule has 1 aromatic heterocycles. The molecular formula is C27H22FN3O4. The lowest BCUT2D eigenvalue weighted by molar-refractivity contribution is 0.0526. The van der Waals surface area contributed by atoms with Gasteiger partial charge in [-0.25, -0.2) is 9.18 Å². The molecule has 1 aliphatic heterocycles. The second-order valence-electron chi connectivity index (χ2n) is 7.99. The number of aromatic nitrogens is 2. The Morgan fingerprint density at radius 3 is 2.49 bits per heavy atom. The number of hydrogen-bond donors (Lipinski definition) is 1. The van der Waals surface area contributed by atoms with Gasteiger partial charge in [0, 0.05) is 16.8 Å². The zero-order valence-corrected chi connectivity index (χ0v) is 19.1. The first-order valence-electron chi connectivity index (χ1n) is 11.1. The van der Waals surface area contributed by atoms with Gasteiger partial charge in [0.2, 0.25) is 0 Å². The number of hydrogen-bond acceptors (Lipinski definition) is 5. The van der Waals surface area contributed by atoms with Crippen molar-refractivity contribution in [1.29, 1.82) is 0 Å². The summed E-state index contributed by atoms with van der Waals surface area (Å²) in [5, 5.41) is 7.31. The average Bonchev–Trinajstić information content (AvgIpc) is 3.43. The predicted molar refractivity (Wildman–Crippen MR) is 128 cm³/mol. The van der Waals surface area contributed by atoms with Gasteiger partial charge in [0.1, 0.15) is 17.3 Å². The van der Waals surface area contributed by atoms with Crippen molar-refractivity contribution in [3.8, 4) is 17.0 Å². The molecule has 4 aromatic rings. The number of halogens is 1. The standard InChI is InChI=1S/C27H22FN3O4/c1-3-35-27(33)17-7-11-20(12-8-17)31-25(18-5-4-6-19(28)15-18)22-23(29-30-24(22)26(31)32)16-9-13-21(34-2)14-10-16/h4-15,25H,3H2,1-2H3,(H,29,30)/t25-/m0/s1. The number of H-pyrrole nitrogens is 1. The number of carbonyl (C=O) groups is 2. The molecule has 5 rings (SSSR count). The summed E-state index contributed by atoms with van der Waals surface area (Å²) in [7, 11) is 1.59. The SMILES string of the molecule is CCOC(=O)c1ccc(N2C(=O)c3[nH]nc(-c4ccc(OC)cc4)c3[C@@H]2c2cccc(F)c2)cc1. The van der Waals surface area contributed by atoms with Crippen LogP contribution in [0.25, 0.3) is 11.3 Å². The highest BCUT2D eigenvalue weighted by atomic mass is 19.1. The fourth-order valence-corrected chi connectivity index (χ4v) is 4.35. The first-order chi connectivity index (χ1) is 17.0. The van der Waals surface area contributed by atoms with E-state index in [1.54, 1.807) is 55.3 Å². The number of nitrogens with zero attached hydrogens (tertiary/aromatic N) is 2. The fraction of sp³-hybridized carbons (Fsp3) is 0.148. The second-order valence-corrected chi connectivity index (χ2v) is 7.99. The molecule has 0 saturated heterocycles. The van der Waals surface area contributed by atoms with Crippen LogP contribution in [0.2, 0.25) is 0 Å². The van der Waals surface area contributed by atoms with Gasteiger partial charge >= 0.3 is 5.97 Å². The van der Waals surface area contributed by atoms with Gasteiger partial charge in [0.15, 0.2) is 0 Å². The quantitative estimate of drug-likeness (QED) is 0.393. The van der Waals surface area contributed by atoms with Gasteiger partial charge in [-0.1, -0.05) is 12.1 Å². The predicted octanol–water partition coefficient (Wildman–Crippen LogP) is 5.15. The minimum atomic E-state index is -0.627.